The van der Waals surface area contributed by atoms with Crippen molar-refractivity contribution in [3.8, 4) is 0 Å². The van der Waals surface area contributed by atoms with Crippen LogP contribution in [0.3, 0.4) is 0 Å². The molecule has 0 aliphatic carbocycles. The van der Waals surface area contributed by atoms with Gasteiger partial charge in [-0.25, -0.2) is 0 Å². The third-order valence-corrected chi connectivity index (χ3v) is 5.87. The highest BCUT2D eigenvalue weighted by Crippen LogP contribution is 2.16. The van der Waals surface area contributed by atoms with Crippen LogP contribution in [-0.2, 0) is 6.54 Å². The molecule has 2 aliphatic heterocycles. The quantitative estimate of drug-likeness (QED) is 0.571. The standard InChI is InChI=1S/C22H37N5/c1-3-12-26-13-9-20(18-26)16-24-22(23-2)25-21-10-14-27(15-11-21)17-19-7-5-4-6-8-19/h4-8,20-21H,3,9-18H2,1-2H3,(H2,23,24,25). The highest BCUT2D eigenvalue weighted by molar-refractivity contribution is 5.79. The van der Waals surface area contributed by atoms with E-state index < -0.39 is 0 Å². The second-order valence-electron chi connectivity index (χ2n) is 8.09. The van der Waals surface area contributed by atoms with E-state index in [0.29, 0.717) is 6.04 Å². The summed E-state index contributed by atoms with van der Waals surface area (Å²) in [6, 6.07) is 11.3. The van der Waals surface area contributed by atoms with Gasteiger partial charge in [0, 0.05) is 45.8 Å². The molecule has 2 heterocycles. The minimum absolute atomic E-state index is 0.531. The monoisotopic (exact) mass is 371 g/mol. The fourth-order valence-corrected chi connectivity index (χ4v) is 4.30. The van der Waals surface area contributed by atoms with Gasteiger partial charge in [0.15, 0.2) is 5.96 Å². The lowest BCUT2D eigenvalue weighted by molar-refractivity contribution is 0.198. The van der Waals surface area contributed by atoms with Gasteiger partial charge in [0.25, 0.3) is 0 Å². The third-order valence-electron chi connectivity index (χ3n) is 5.87. The Morgan fingerprint density at radius 1 is 1.07 bits per heavy atom. The summed E-state index contributed by atoms with van der Waals surface area (Å²) < 4.78 is 0. The summed E-state index contributed by atoms with van der Waals surface area (Å²) in [4.78, 5) is 9.60. The SMILES string of the molecule is CCCN1CCC(CNC(=NC)NC2CCN(Cc3ccccc3)CC2)C1. The van der Waals surface area contributed by atoms with Crippen molar-refractivity contribution in [2.45, 2.75) is 45.2 Å². The van der Waals surface area contributed by atoms with Crippen LogP contribution in [0.4, 0.5) is 0 Å². The van der Waals surface area contributed by atoms with Crippen LogP contribution < -0.4 is 10.6 Å². The highest BCUT2D eigenvalue weighted by atomic mass is 15.2. The van der Waals surface area contributed by atoms with E-state index in [-0.39, 0.29) is 0 Å². The Morgan fingerprint density at radius 3 is 2.52 bits per heavy atom. The van der Waals surface area contributed by atoms with Gasteiger partial charge in [0.1, 0.15) is 0 Å². The van der Waals surface area contributed by atoms with Crippen LogP contribution in [-0.4, -0.2) is 68.1 Å². The zero-order valence-electron chi connectivity index (χ0n) is 17.2. The molecule has 0 bridgehead atoms. The van der Waals surface area contributed by atoms with Crippen LogP contribution in [0.2, 0.25) is 0 Å². The lowest BCUT2D eigenvalue weighted by Crippen LogP contribution is -2.49. The molecule has 2 saturated heterocycles. The lowest BCUT2D eigenvalue weighted by Gasteiger charge is -2.33. The fourth-order valence-electron chi connectivity index (χ4n) is 4.30. The second kappa shape index (κ2) is 10.7. The molecule has 5 nitrogen and oxygen atoms in total. The lowest BCUT2D eigenvalue weighted by atomic mass is 10.0. The fraction of sp³-hybridized carbons (Fsp3) is 0.682. The van der Waals surface area contributed by atoms with E-state index in [2.05, 4.69) is 62.7 Å². The van der Waals surface area contributed by atoms with Crippen molar-refractivity contribution in [3.05, 3.63) is 35.9 Å². The number of likely N-dealkylation sites (tertiary alicyclic amines) is 2. The van der Waals surface area contributed by atoms with E-state index in [0.717, 1.165) is 38.1 Å². The van der Waals surface area contributed by atoms with Crippen molar-refractivity contribution in [1.82, 2.24) is 20.4 Å². The zero-order valence-corrected chi connectivity index (χ0v) is 17.2. The van der Waals surface area contributed by atoms with Gasteiger partial charge in [-0.3, -0.25) is 9.89 Å². The molecule has 0 spiro atoms. The molecule has 2 aliphatic rings. The van der Waals surface area contributed by atoms with Gasteiger partial charge in [0.2, 0.25) is 0 Å². The Hall–Kier alpha value is -1.59. The van der Waals surface area contributed by atoms with Crippen molar-refractivity contribution in [2.75, 3.05) is 46.3 Å². The minimum atomic E-state index is 0.531. The van der Waals surface area contributed by atoms with Crippen molar-refractivity contribution < 1.29 is 0 Å². The molecule has 150 valence electrons. The maximum atomic E-state index is 4.45. The smallest absolute Gasteiger partial charge is 0.191 e. The van der Waals surface area contributed by atoms with Crippen LogP contribution in [0.1, 0.15) is 38.2 Å². The maximum Gasteiger partial charge on any atom is 0.191 e. The highest BCUT2D eigenvalue weighted by Gasteiger charge is 2.23. The molecule has 0 saturated carbocycles. The number of guanidine groups is 1. The van der Waals surface area contributed by atoms with E-state index in [4.69, 9.17) is 0 Å². The van der Waals surface area contributed by atoms with Gasteiger partial charge in [0.05, 0.1) is 0 Å². The Labute approximate surface area is 165 Å². The average Bonchev–Trinajstić information content (AvgIpc) is 3.15. The van der Waals surface area contributed by atoms with Crippen LogP contribution in [0.5, 0.6) is 0 Å². The van der Waals surface area contributed by atoms with Gasteiger partial charge < -0.3 is 15.5 Å². The predicted octanol–water partition coefficient (Wildman–Crippen LogP) is 2.55. The van der Waals surface area contributed by atoms with Gasteiger partial charge >= 0.3 is 0 Å². The third kappa shape index (κ3) is 6.51. The molecule has 1 aromatic rings. The largest absolute Gasteiger partial charge is 0.356 e. The first-order valence-corrected chi connectivity index (χ1v) is 10.7. The topological polar surface area (TPSA) is 42.9 Å². The van der Waals surface area contributed by atoms with Crippen LogP contribution in [0.15, 0.2) is 35.3 Å². The number of piperidine rings is 1. The second-order valence-corrected chi connectivity index (χ2v) is 8.09. The van der Waals surface area contributed by atoms with Crippen LogP contribution in [0, 0.1) is 5.92 Å². The van der Waals surface area contributed by atoms with Gasteiger partial charge in [-0.05, 0) is 50.3 Å². The number of hydrogen-bond donors (Lipinski definition) is 2. The van der Waals surface area contributed by atoms with E-state index in [1.165, 1.54) is 50.9 Å². The molecule has 1 unspecified atom stereocenters. The Kier molecular flexibility index (Phi) is 7.96. The molecule has 3 rings (SSSR count). The van der Waals surface area contributed by atoms with E-state index >= 15 is 0 Å². The Bertz CT molecular complexity index is 565. The number of aliphatic imine (C=N–C) groups is 1. The minimum Gasteiger partial charge on any atom is -0.356 e. The predicted molar refractivity (Wildman–Crippen MR) is 114 cm³/mol. The van der Waals surface area contributed by atoms with Crippen molar-refractivity contribution in [2.24, 2.45) is 10.9 Å². The van der Waals surface area contributed by atoms with Gasteiger partial charge in [-0.2, -0.15) is 0 Å². The summed E-state index contributed by atoms with van der Waals surface area (Å²) >= 11 is 0. The first kappa shape index (κ1) is 20.2. The van der Waals surface area contributed by atoms with E-state index in [1.807, 2.05) is 7.05 Å². The molecule has 0 radical (unpaired) electrons. The molecule has 2 fully saturated rings. The summed E-state index contributed by atoms with van der Waals surface area (Å²) in [7, 11) is 1.89. The molecule has 5 heteroatoms. The van der Waals surface area contributed by atoms with Crippen LogP contribution >= 0.6 is 0 Å². The number of nitrogens with one attached hydrogen (secondary N) is 2. The maximum absolute atomic E-state index is 4.45. The first-order valence-electron chi connectivity index (χ1n) is 10.7. The number of benzene rings is 1. The van der Waals surface area contributed by atoms with E-state index in [9.17, 15) is 0 Å². The molecule has 0 amide bonds. The summed E-state index contributed by atoms with van der Waals surface area (Å²) in [5, 5.41) is 7.22. The molecule has 1 atom stereocenters. The molecule has 1 aromatic carbocycles. The Balaban J connectivity index is 1.35. The molecular formula is C22H37N5. The number of rotatable bonds is 7. The van der Waals surface area contributed by atoms with E-state index in [1.54, 1.807) is 0 Å². The van der Waals surface area contributed by atoms with Crippen molar-refractivity contribution >= 4 is 5.96 Å². The summed E-state index contributed by atoms with van der Waals surface area (Å²) in [6.07, 6.45) is 4.93. The van der Waals surface area contributed by atoms with Gasteiger partial charge in [-0.15, -0.1) is 0 Å². The average molecular weight is 372 g/mol. The summed E-state index contributed by atoms with van der Waals surface area (Å²) in [5.41, 5.74) is 1.41. The normalized spacial score (nSPS) is 22.9. The summed E-state index contributed by atoms with van der Waals surface area (Å²) in [5.74, 6) is 1.73. The molecule has 0 aromatic heterocycles. The Morgan fingerprint density at radius 2 is 1.81 bits per heavy atom. The summed E-state index contributed by atoms with van der Waals surface area (Å²) in [6.45, 7) is 10.4. The van der Waals surface area contributed by atoms with Crippen molar-refractivity contribution in [3.63, 3.8) is 0 Å². The van der Waals surface area contributed by atoms with Crippen molar-refractivity contribution in [1.29, 1.82) is 0 Å². The van der Waals surface area contributed by atoms with Gasteiger partial charge in [-0.1, -0.05) is 37.3 Å². The first-order chi connectivity index (χ1) is 13.3. The molecular weight excluding hydrogens is 334 g/mol. The number of nitrogens with zero attached hydrogens (tertiary/aromatic N) is 3. The molecule has 2 N–H and O–H groups in total. The number of hydrogen-bond acceptors (Lipinski definition) is 3. The molecule has 27 heavy (non-hydrogen) atoms. The van der Waals surface area contributed by atoms with Crippen LogP contribution in [0.25, 0.3) is 0 Å². The zero-order chi connectivity index (χ0) is 18.9.